The van der Waals surface area contributed by atoms with Gasteiger partial charge in [-0.05, 0) is 43.7 Å². The summed E-state index contributed by atoms with van der Waals surface area (Å²) in [5.74, 6) is 2.17. The molecule has 1 aromatic heterocycles. The van der Waals surface area contributed by atoms with Crippen molar-refractivity contribution in [2.45, 2.75) is 20.0 Å². The molecule has 0 aliphatic rings. The Morgan fingerprint density at radius 3 is 2.23 bits per heavy atom. The highest BCUT2D eigenvalue weighted by Gasteiger charge is 2.22. The SMILES string of the molecule is COc1cc(-c2c(NC(=O)[C@@H](C)Oc3ccccc3)n[nH]c2C)cc(OC)c1OC. The van der Waals surface area contributed by atoms with Gasteiger partial charge in [-0.1, -0.05) is 18.2 Å². The maximum absolute atomic E-state index is 12.7. The number of carbonyl (C=O) groups excluding carboxylic acids is 1. The van der Waals surface area contributed by atoms with E-state index >= 15 is 0 Å². The molecule has 0 bridgehead atoms. The lowest BCUT2D eigenvalue weighted by Gasteiger charge is -2.16. The number of rotatable bonds is 8. The van der Waals surface area contributed by atoms with Crippen LogP contribution in [-0.4, -0.2) is 43.5 Å². The van der Waals surface area contributed by atoms with Gasteiger partial charge < -0.3 is 24.3 Å². The Bertz CT molecular complexity index is 992. The smallest absolute Gasteiger partial charge is 0.266 e. The number of amides is 1. The number of carbonyl (C=O) groups is 1. The van der Waals surface area contributed by atoms with Crippen LogP contribution < -0.4 is 24.3 Å². The van der Waals surface area contributed by atoms with Crippen LogP contribution in [0, 0.1) is 6.92 Å². The average Bonchev–Trinajstić information content (AvgIpc) is 3.13. The molecule has 0 radical (unpaired) electrons. The molecule has 30 heavy (non-hydrogen) atoms. The van der Waals surface area contributed by atoms with Crippen LogP contribution in [-0.2, 0) is 4.79 Å². The average molecular weight is 411 g/mol. The van der Waals surface area contributed by atoms with Crippen molar-refractivity contribution in [2.24, 2.45) is 0 Å². The number of ether oxygens (including phenoxy) is 4. The Morgan fingerprint density at radius 2 is 1.67 bits per heavy atom. The zero-order valence-corrected chi connectivity index (χ0v) is 17.6. The topological polar surface area (TPSA) is 94.7 Å². The number of anilines is 1. The molecule has 8 heteroatoms. The Hall–Kier alpha value is -3.68. The quantitative estimate of drug-likeness (QED) is 0.585. The number of para-hydroxylation sites is 1. The van der Waals surface area contributed by atoms with Crippen molar-refractivity contribution in [3.05, 3.63) is 48.2 Å². The van der Waals surface area contributed by atoms with Crippen molar-refractivity contribution in [3.8, 4) is 34.1 Å². The van der Waals surface area contributed by atoms with Crippen LogP contribution >= 0.6 is 0 Å². The lowest BCUT2D eigenvalue weighted by Crippen LogP contribution is -2.30. The van der Waals surface area contributed by atoms with E-state index in [2.05, 4.69) is 15.5 Å². The summed E-state index contributed by atoms with van der Waals surface area (Å²) in [6, 6.07) is 12.8. The normalized spacial score (nSPS) is 11.5. The lowest BCUT2D eigenvalue weighted by molar-refractivity contribution is -0.122. The Morgan fingerprint density at radius 1 is 1.03 bits per heavy atom. The molecule has 0 aliphatic carbocycles. The van der Waals surface area contributed by atoms with Crippen LogP contribution in [0.2, 0.25) is 0 Å². The fourth-order valence-electron chi connectivity index (χ4n) is 3.07. The predicted molar refractivity (Wildman–Crippen MR) is 114 cm³/mol. The first-order chi connectivity index (χ1) is 14.5. The maximum Gasteiger partial charge on any atom is 0.266 e. The number of hydrogen-bond acceptors (Lipinski definition) is 6. The van der Waals surface area contributed by atoms with E-state index in [0.717, 1.165) is 16.8 Å². The largest absolute Gasteiger partial charge is 0.493 e. The monoisotopic (exact) mass is 411 g/mol. The van der Waals surface area contributed by atoms with Gasteiger partial charge in [0.15, 0.2) is 23.4 Å². The summed E-state index contributed by atoms with van der Waals surface area (Å²) in [6.45, 7) is 3.55. The van der Waals surface area contributed by atoms with Crippen LogP contribution in [0.4, 0.5) is 5.82 Å². The Kier molecular flexibility index (Phi) is 6.46. The number of nitrogens with one attached hydrogen (secondary N) is 2. The number of aryl methyl sites for hydroxylation is 1. The maximum atomic E-state index is 12.7. The second-order valence-electron chi connectivity index (χ2n) is 6.55. The molecule has 2 aromatic carbocycles. The lowest BCUT2D eigenvalue weighted by atomic mass is 10.0. The van der Waals surface area contributed by atoms with E-state index < -0.39 is 6.10 Å². The van der Waals surface area contributed by atoms with Gasteiger partial charge in [-0.3, -0.25) is 9.89 Å². The molecule has 1 atom stereocenters. The molecule has 1 heterocycles. The van der Waals surface area contributed by atoms with E-state index in [0.29, 0.717) is 28.8 Å². The number of nitrogens with zero attached hydrogens (tertiary/aromatic N) is 1. The number of H-pyrrole nitrogens is 1. The molecule has 0 saturated carbocycles. The highest BCUT2D eigenvalue weighted by atomic mass is 16.5. The number of hydrogen-bond donors (Lipinski definition) is 2. The fourth-order valence-corrected chi connectivity index (χ4v) is 3.07. The molecule has 0 aliphatic heterocycles. The van der Waals surface area contributed by atoms with E-state index in [-0.39, 0.29) is 5.91 Å². The first-order valence-electron chi connectivity index (χ1n) is 9.36. The Labute approximate surface area is 175 Å². The van der Waals surface area contributed by atoms with E-state index in [9.17, 15) is 4.79 Å². The molecule has 0 spiro atoms. The summed E-state index contributed by atoms with van der Waals surface area (Å²) < 4.78 is 22.0. The van der Waals surface area contributed by atoms with Crippen LogP contribution in [0.25, 0.3) is 11.1 Å². The third-order valence-corrected chi connectivity index (χ3v) is 4.57. The van der Waals surface area contributed by atoms with E-state index in [4.69, 9.17) is 18.9 Å². The van der Waals surface area contributed by atoms with Crippen molar-refractivity contribution in [1.29, 1.82) is 0 Å². The predicted octanol–water partition coefficient (Wildman–Crippen LogP) is 3.82. The van der Waals surface area contributed by atoms with Gasteiger partial charge in [0.25, 0.3) is 5.91 Å². The second-order valence-corrected chi connectivity index (χ2v) is 6.55. The minimum absolute atomic E-state index is 0.320. The summed E-state index contributed by atoms with van der Waals surface area (Å²) in [7, 11) is 4.64. The number of aromatic nitrogens is 2. The summed E-state index contributed by atoms with van der Waals surface area (Å²) in [4.78, 5) is 12.7. The van der Waals surface area contributed by atoms with E-state index in [1.807, 2.05) is 25.1 Å². The van der Waals surface area contributed by atoms with Crippen LogP contribution in [0.3, 0.4) is 0 Å². The molecule has 158 valence electrons. The van der Waals surface area contributed by atoms with E-state index in [1.54, 1.807) is 52.5 Å². The number of methoxy groups -OCH3 is 3. The molecule has 0 saturated heterocycles. The van der Waals surface area contributed by atoms with Crippen LogP contribution in [0.5, 0.6) is 23.0 Å². The van der Waals surface area contributed by atoms with Gasteiger partial charge in [0.2, 0.25) is 5.75 Å². The second kappa shape index (κ2) is 9.21. The van der Waals surface area contributed by atoms with Gasteiger partial charge in [-0.15, -0.1) is 0 Å². The molecule has 1 amide bonds. The highest BCUT2D eigenvalue weighted by Crippen LogP contribution is 2.43. The first kappa shape index (κ1) is 21.0. The third-order valence-electron chi connectivity index (χ3n) is 4.57. The summed E-state index contributed by atoms with van der Waals surface area (Å²) in [5.41, 5.74) is 2.24. The number of benzene rings is 2. The summed E-state index contributed by atoms with van der Waals surface area (Å²) >= 11 is 0. The van der Waals surface area contributed by atoms with Gasteiger partial charge in [-0.2, -0.15) is 5.10 Å². The summed E-state index contributed by atoms with van der Waals surface area (Å²) in [6.07, 6.45) is -0.711. The minimum Gasteiger partial charge on any atom is -0.493 e. The van der Waals surface area contributed by atoms with Crippen molar-refractivity contribution in [2.75, 3.05) is 26.6 Å². The van der Waals surface area contributed by atoms with Crippen LogP contribution in [0.15, 0.2) is 42.5 Å². The van der Waals surface area contributed by atoms with E-state index in [1.165, 1.54) is 0 Å². The minimum atomic E-state index is -0.711. The van der Waals surface area contributed by atoms with Crippen molar-refractivity contribution >= 4 is 11.7 Å². The fraction of sp³-hybridized carbons (Fsp3) is 0.273. The molecule has 3 rings (SSSR count). The number of aromatic amines is 1. The molecule has 0 unspecified atom stereocenters. The molecule has 0 fully saturated rings. The standard InChI is InChI=1S/C22H25N3O5/c1-13-19(15-11-17(27-3)20(29-5)18(12-15)28-4)21(25-24-13)23-22(26)14(2)30-16-9-7-6-8-10-16/h6-12,14H,1-5H3,(H2,23,24,25,26)/t14-/m1/s1. The van der Waals surface area contributed by atoms with Gasteiger partial charge >= 0.3 is 0 Å². The molecule has 2 N–H and O–H groups in total. The molecule has 8 nitrogen and oxygen atoms in total. The highest BCUT2D eigenvalue weighted by molar-refractivity contribution is 5.97. The van der Waals surface area contributed by atoms with Crippen molar-refractivity contribution < 1.29 is 23.7 Å². The molecular weight excluding hydrogens is 386 g/mol. The van der Waals surface area contributed by atoms with Gasteiger partial charge in [-0.25, -0.2) is 0 Å². The third kappa shape index (κ3) is 4.32. The Balaban J connectivity index is 1.89. The summed E-state index contributed by atoms with van der Waals surface area (Å²) in [5, 5.41) is 10.00. The first-order valence-corrected chi connectivity index (χ1v) is 9.36. The van der Waals surface area contributed by atoms with Crippen molar-refractivity contribution in [1.82, 2.24) is 10.2 Å². The zero-order valence-electron chi connectivity index (χ0n) is 17.6. The molecule has 3 aromatic rings. The van der Waals surface area contributed by atoms with Gasteiger partial charge in [0, 0.05) is 11.3 Å². The van der Waals surface area contributed by atoms with Gasteiger partial charge in [0.05, 0.1) is 21.3 Å². The zero-order chi connectivity index (χ0) is 21.7. The van der Waals surface area contributed by atoms with Crippen molar-refractivity contribution in [3.63, 3.8) is 0 Å². The molecular formula is C22H25N3O5. The van der Waals surface area contributed by atoms with Gasteiger partial charge in [0.1, 0.15) is 5.75 Å². The van der Waals surface area contributed by atoms with Crippen LogP contribution in [0.1, 0.15) is 12.6 Å².